The molecule has 1 aromatic rings. The van der Waals surface area contributed by atoms with Gasteiger partial charge in [-0.2, -0.15) is 4.73 Å². The molecule has 0 N–H and O–H groups in total. The maximum atomic E-state index is 7.85. The zero-order valence-corrected chi connectivity index (χ0v) is 3.48. The SMILES string of the molecule is [N]On1ccnc1. The molecule has 0 unspecified atom stereocenters. The van der Waals surface area contributed by atoms with E-state index in [9.17, 15) is 0 Å². The minimum atomic E-state index is 1.07. The molecule has 7 heavy (non-hydrogen) atoms. The van der Waals surface area contributed by atoms with Crippen LogP contribution in [0.25, 0.3) is 0 Å². The van der Waals surface area contributed by atoms with Crippen LogP contribution in [0.2, 0.25) is 0 Å². The molecule has 0 aliphatic carbocycles. The summed E-state index contributed by atoms with van der Waals surface area (Å²) < 4.78 is 1.07. The lowest BCUT2D eigenvalue weighted by molar-refractivity contribution is 0.0943. The maximum absolute atomic E-state index is 7.85. The summed E-state index contributed by atoms with van der Waals surface area (Å²) in [5.74, 6) is 7.85. The Hall–Kier alpha value is -1.03. The molecule has 0 atom stereocenters. The molecule has 0 aliphatic rings. The lowest BCUT2D eigenvalue weighted by atomic mass is 11.0. The number of imidazole rings is 1. The summed E-state index contributed by atoms with van der Waals surface area (Å²) in [6.07, 6.45) is 4.30. The van der Waals surface area contributed by atoms with E-state index < -0.39 is 0 Å². The molecule has 4 heteroatoms. The Morgan fingerprint density at radius 3 is 2.86 bits per heavy atom. The first kappa shape index (κ1) is 4.14. The van der Waals surface area contributed by atoms with Crippen LogP contribution in [0.15, 0.2) is 18.7 Å². The van der Waals surface area contributed by atoms with Crippen molar-refractivity contribution in [2.24, 2.45) is 0 Å². The van der Waals surface area contributed by atoms with Crippen molar-refractivity contribution in [3.8, 4) is 0 Å². The van der Waals surface area contributed by atoms with E-state index in [-0.39, 0.29) is 0 Å². The number of aromatic nitrogens is 2. The summed E-state index contributed by atoms with van der Waals surface area (Å²) in [7, 11) is 0. The molecule has 0 spiro atoms. The summed E-state index contributed by atoms with van der Waals surface area (Å²) in [4.78, 5) is 7.28. The Morgan fingerprint density at radius 1 is 1.71 bits per heavy atom. The van der Waals surface area contributed by atoms with Gasteiger partial charge in [0, 0.05) is 6.20 Å². The predicted molar refractivity (Wildman–Crippen MR) is 20.9 cm³/mol. The van der Waals surface area contributed by atoms with Gasteiger partial charge in [0.25, 0.3) is 0 Å². The highest BCUT2D eigenvalue weighted by atomic mass is 16.8. The van der Waals surface area contributed by atoms with Crippen molar-refractivity contribution in [1.29, 1.82) is 0 Å². The van der Waals surface area contributed by atoms with E-state index in [0.29, 0.717) is 0 Å². The minimum Gasteiger partial charge on any atom is -0.274 e. The second-order valence-electron chi connectivity index (χ2n) is 1.00. The summed E-state index contributed by atoms with van der Waals surface area (Å²) in [6, 6.07) is 0. The van der Waals surface area contributed by atoms with Gasteiger partial charge in [0.2, 0.25) is 0 Å². The Balaban J connectivity index is 2.76. The van der Waals surface area contributed by atoms with E-state index >= 15 is 0 Å². The summed E-state index contributed by atoms with van der Waals surface area (Å²) in [5, 5.41) is 0. The lowest BCUT2D eigenvalue weighted by Crippen LogP contribution is -2.04. The molecule has 0 saturated carbocycles. The fourth-order valence-corrected chi connectivity index (χ4v) is 0.295. The standard InChI is InChI=1S/C3H3N3O/c4-7-6-2-1-5-3-6/h1-3H. The number of hydrogen-bond acceptors (Lipinski definition) is 2. The largest absolute Gasteiger partial charge is 0.274 e. The Morgan fingerprint density at radius 2 is 2.57 bits per heavy atom. The van der Waals surface area contributed by atoms with Gasteiger partial charge in [0.05, 0.1) is 6.20 Å². The molecular formula is C3H3N3O. The van der Waals surface area contributed by atoms with Crippen LogP contribution in [-0.4, -0.2) is 9.71 Å². The predicted octanol–water partition coefficient (Wildman–Crippen LogP) is -0.705. The third-order valence-electron chi connectivity index (χ3n) is 0.574. The zero-order valence-electron chi connectivity index (χ0n) is 3.48. The van der Waals surface area contributed by atoms with E-state index in [1.807, 2.05) is 0 Å². The highest BCUT2D eigenvalue weighted by Crippen LogP contribution is 1.74. The molecule has 2 radical (unpaired) electrons. The van der Waals surface area contributed by atoms with Gasteiger partial charge >= 0.3 is 0 Å². The first-order valence-corrected chi connectivity index (χ1v) is 1.73. The van der Waals surface area contributed by atoms with Gasteiger partial charge in [-0.1, -0.05) is 0 Å². The van der Waals surface area contributed by atoms with Crippen molar-refractivity contribution in [1.82, 2.24) is 15.6 Å². The normalized spacial score (nSPS) is 8.71. The molecule has 1 heterocycles. The van der Waals surface area contributed by atoms with Gasteiger partial charge in [-0.15, -0.1) is 0 Å². The molecule has 36 valence electrons. The van der Waals surface area contributed by atoms with Gasteiger partial charge in [-0.25, -0.2) is 4.98 Å². The van der Waals surface area contributed by atoms with Crippen LogP contribution in [0.3, 0.4) is 0 Å². The van der Waals surface area contributed by atoms with Crippen LogP contribution in [-0.2, 0) is 0 Å². The molecule has 0 aliphatic heterocycles. The molecule has 0 fully saturated rings. The van der Waals surface area contributed by atoms with E-state index in [1.54, 1.807) is 0 Å². The topological polar surface area (TPSA) is 49.4 Å². The summed E-state index contributed by atoms with van der Waals surface area (Å²) >= 11 is 0. The Labute approximate surface area is 40.4 Å². The van der Waals surface area contributed by atoms with Crippen LogP contribution in [0.4, 0.5) is 0 Å². The van der Waals surface area contributed by atoms with Crippen LogP contribution in [0, 0.1) is 0 Å². The zero-order chi connectivity index (χ0) is 5.11. The van der Waals surface area contributed by atoms with E-state index in [2.05, 4.69) is 9.92 Å². The highest BCUT2D eigenvalue weighted by Gasteiger charge is 1.79. The first-order chi connectivity index (χ1) is 3.43. The fraction of sp³-hybridized carbons (Fsp3) is 0. The van der Waals surface area contributed by atoms with Gasteiger partial charge in [0.1, 0.15) is 12.2 Å². The Bertz CT molecular complexity index is 125. The third kappa shape index (κ3) is 0.690. The lowest BCUT2D eigenvalue weighted by Gasteiger charge is -1.86. The van der Waals surface area contributed by atoms with Gasteiger partial charge in [0.15, 0.2) is 0 Å². The Kier molecular flexibility index (Phi) is 0.953. The van der Waals surface area contributed by atoms with Gasteiger partial charge in [-0.3, -0.25) is 4.94 Å². The molecule has 1 aromatic heterocycles. The molecule has 0 bridgehead atoms. The van der Waals surface area contributed by atoms with E-state index in [1.165, 1.54) is 18.7 Å². The average Bonchev–Trinajstić information content (AvgIpc) is 2.14. The minimum absolute atomic E-state index is 1.07. The van der Waals surface area contributed by atoms with E-state index in [4.69, 9.17) is 5.90 Å². The monoisotopic (exact) mass is 97.0 g/mol. The van der Waals surface area contributed by atoms with Crippen molar-refractivity contribution in [2.45, 2.75) is 0 Å². The second kappa shape index (κ2) is 1.61. The maximum Gasteiger partial charge on any atom is 0.138 e. The van der Waals surface area contributed by atoms with Crippen molar-refractivity contribution < 1.29 is 4.94 Å². The number of rotatable bonds is 1. The molecule has 4 nitrogen and oxygen atoms in total. The molecule has 0 aromatic carbocycles. The van der Waals surface area contributed by atoms with Crippen LogP contribution >= 0.6 is 0 Å². The molecule has 0 saturated heterocycles. The van der Waals surface area contributed by atoms with Gasteiger partial charge in [-0.05, 0) is 0 Å². The van der Waals surface area contributed by atoms with Crippen molar-refractivity contribution in [3.05, 3.63) is 18.7 Å². The van der Waals surface area contributed by atoms with Crippen molar-refractivity contribution >= 4 is 0 Å². The van der Waals surface area contributed by atoms with Crippen LogP contribution < -0.4 is 10.8 Å². The molecular weight excluding hydrogens is 94.1 g/mol. The van der Waals surface area contributed by atoms with Crippen LogP contribution in [0.1, 0.15) is 0 Å². The van der Waals surface area contributed by atoms with Crippen LogP contribution in [0.5, 0.6) is 0 Å². The van der Waals surface area contributed by atoms with Crippen molar-refractivity contribution in [3.63, 3.8) is 0 Å². The molecule has 1 rings (SSSR count). The smallest absolute Gasteiger partial charge is 0.138 e. The average molecular weight is 97.1 g/mol. The quantitative estimate of drug-likeness (QED) is 0.435. The van der Waals surface area contributed by atoms with Gasteiger partial charge < -0.3 is 0 Å². The van der Waals surface area contributed by atoms with E-state index in [0.717, 1.165) is 4.73 Å². The second-order valence-corrected chi connectivity index (χ2v) is 1.00. The third-order valence-corrected chi connectivity index (χ3v) is 0.574. The summed E-state index contributed by atoms with van der Waals surface area (Å²) in [5.41, 5.74) is 0. The molecule has 0 amide bonds. The number of nitrogens with zero attached hydrogens (tertiary/aromatic N) is 3. The summed E-state index contributed by atoms with van der Waals surface area (Å²) in [6.45, 7) is 0. The van der Waals surface area contributed by atoms with Crippen molar-refractivity contribution in [2.75, 3.05) is 0 Å². The number of hydrogen-bond donors (Lipinski definition) is 0. The highest BCUT2D eigenvalue weighted by molar-refractivity contribution is 4.68. The fourth-order valence-electron chi connectivity index (χ4n) is 0.295. The first-order valence-electron chi connectivity index (χ1n) is 1.73.